The minimum atomic E-state index is -1.22. The molecule has 7 nitrogen and oxygen atoms in total. The van der Waals surface area contributed by atoms with Gasteiger partial charge in [-0.1, -0.05) is 30.3 Å². The smallest absolute Gasteiger partial charge is 0.330 e. The molecule has 0 fully saturated rings. The van der Waals surface area contributed by atoms with Gasteiger partial charge in [0, 0.05) is 20.1 Å². The van der Waals surface area contributed by atoms with Crippen molar-refractivity contribution in [2.75, 3.05) is 14.1 Å². The van der Waals surface area contributed by atoms with Crippen LogP contribution in [0.4, 0.5) is 9.59 Å². The molecule has 1 aromatic carbocycles. The van der Waals surface area contributed by atoms with Crippen molar-refractivity contribution < 1.29 is 19.5 Å². The molecule has 2 N–H and O–H groups in total. The van der Waals surface area contributed by atoms with Crippen LogP contribution in [0, 0.1) is 0 Å². The highest BCUT2D eigenvalue weighted by molar-refractivity contribution is 5.95. The number of carboxylic acid groups (broad SMARTS) is 1. The van der Waals surface area contributed by atoms with Gasteiger partial charge in [-0.15, -0.1) is 0 Å². The standard InChI is InChI=1S/C15H21N3O4/c1-10(2)18(15(22)17(3)4)14(21)16-12(13(19)20)11-8-6-5-7-9-11/h5-10,12H,1-4H3,(H,16,21)(H,19,20). The first-order valence-electron chi connectivity index (χ1n) is 6.84. The van der Waals surface area contributed by atoms with Gasteiger partial charge in [-0.25, -0.2) is 19.3 Å². The van der Waals surface area contributed by atoms with E-state index < -0.39 is 30.1 Å². The number of hydrogen-bond donors (Lipinski definition) is 2. The molecule has 0 bridgehead atoms. The van der Waals surface area contributed by atoms with Crippen molar-refractivity contribution >= 4 is 18.0 Å². The van der Waals surface area contributed by atoms with E-state index in [4.69, 9.17) is 0 Å². The van der Waals surface area contributed by atoms with E-state index in [-0.39, 0.29) is 0 Å². The third-order valence-corrected chi connectivity index (χ3v) is 2.97. The Morgan fingerprint density at radius 3 is 2.05 bits per heavy atom. The van der Waals surface area contributed by atoms with Gasteiger partial charge in [-0.3, -0.25) is 0 Å². The lowest BCUT2D eigenvalue weighted by Gasteiger charge is -2.29. The first kappa shape index (κ1) is 17.5. The molecule has 1 unspecified atom stereocenters. The molecule has 120 valence electrons. The van der Waals surface area contributed by atoms with Crippen molar-refractivity contribution in [2.45, 2.75) is 25.9 Å². The first-order chi connectivity index (χ1) is 10.3. The van der Waals surface area contributed by atoms with Gasteiger partial charge in [0.1, 0.15) is 0 Å². The van der Waals surface area contributed by atoms with E-state index in [0.717, 1.165) is 4.90 Å². The minimum Gasteiger partial charge on any atom is -0.479 e. The summed E-state index contributed by atoms with van der Waals surface area (Å²) in [5.41, 5.74) is 0.435. The normalized spacial score (nSPS) is 11.7. The fraction of sp³-hybridized carbons (Fsp3) is 0.400. The summed E-state index contributed by atoms with van der Waals surface area (Å²) < 4.78 is 0. The monoisotopic (exact) mass is 307 g/mol. The van der Waals surface area contributed by atoms with Crippen LogP contribution in [-0.2, 0) is 4.79 Å². The molecule has 0 saturated heterocycles. The van der Waals surface area contributed by atoms with E-state index >= 15 is 0 Å². The van der Waals surface area contributed by atoms with Crippen molar-refractivity contribution in [3.05, 3.63) is 35.9 Å². The van der Waals surface area contributed by atoms with Crippen molar-refractivity contribution in [3.63, 3.8) is 0 Å². The van der Waals surface area contributed by atoms with Crippen LogP contribution in [-0.4, -0.2) is 53.1 Å². The Hall–Kier alpha value is -2.57. The number of amides is 4. The Bertz CT molecular complexity index is 543. The second kappa shape index (κ2) is 7.44. The molecule has 1 atom stereocenters. The second-order valence-corrected chi connectivity index (χ2v) is 5.27. The summed E-state index contributed by atoms with van der Waals surface area (Å²) in [5, 5.41) is 11.7. The highest BCUT2D eigenvalue weighted by atomic mass is 16.4. The largest absolute Gasteiger partial charge is 0.479 e. The molecule has 22 heavy (non-hydrogen) atoms. The third kappa shape index (κ3) is 4.21. The number of carboxylic acids is 1. The number of carbonyl (C=O) groups excluding carboxylic acids is 2. The predicted molar refractivity (Wildman–Crippen MR) is 81.4 cm³/mol. The summed E-state index contributed by atoms with van der Waals surface area (Å²) in [5.74, 6) is -1.19. The fourth-order valence-corrected chi connectivity index (χ4v) is 1.88. The van der Waals surface area contributed by atoms with E-state index in [1.165, 1.54) is 19.0 Å². The Balaban J connectivity index is 2.99. The molecule has 0 aliphatic heterocycles. The van der Waals surface area contributed by atoms with E-state index in [1.807, 2.05) is 0 Å². The van der Waals surface area contributed by atoms with Crippen molar-refractivity contribution in [3.8, 4) is 0 Å². The Kier molecular flexibility index (Phi) is 5.91. The zero-order valence-corrected chi connectivity index (χ0v) is 13.1. The summed E-state index contributed by atoms with van der Waals surface area (Å²) in [6.45, 7) is 3.36. The lowest BCUT2D eigenvalue weighted by molar-refractivity contribution is -0.139. The van der Waals surface area contributed by atoms with Crippen LogP contribution in [0.25, 0.3) is 0 Å². The van der Waals surface area contributed by atoms with Gasteiger partial charge in [-0.2, -0.15) is 0 Å². The molecular formula is C15H21N3O4. The Labute approximate surface area is 129 Å². The number of hydrogen-bond acceptors (Lipinski definition) is 3. The number of benzene rings is 1. The summed E-state index contributed by atoms with van der Waals surface area (Å²) in [4.78, 5) is 38.0. The SMILES string of the molecule is CC(C)N(C(=O)NC(C(=O)O)c1ccccc1)C(=O)N(C)C. The Morgan fingerprint density at radius 1 is 1.09 bits per heavy atom. The fourth-order valence-electron chi connectivity index (χ4n) is 1.88. The number of nitrogens with zero attached hydrogens (tertiary/aromatic N) is 2. The van der Waals surface area contributed by atoms with Crippen LogP contribution in [0.5, 0.6) is 0 Å². The van der Waals surface area contributed by atoms with Gasteiger partial charge < -0.3 is 15.3 Å². The van der Waals surface area contributed by atoms with E-state index in [1.54, 1.807) is 44.2 Å². The molecule has 0 radical (unpaired) electrons. The summed E-state index contributed by atoms with van der Waals surface area (Å²) >= 11 is 0. The van der Waals surface area contributed by atoms with E-state index in [0.29, 0.717) is 5.56 Å². The predicted octanol–water partition coefficient (Wildman–Crippen LogP) is 1.91. The summed E-state index contributed by atoms with van der Waals surface area (Å²) in [6, 6.07) is 5.45. The highest BCUT2D eigenvalue weighted by Crippen LogP contribution is 2.14. The van der Waals surface area contributed by atoms with Gasteiger partial charge >= 0.3 is 18.0 Å². The highest BCUT2D eigenvalue weighted by Gasteiger charge is 2.30. The number of nitrogens with one attached hydrogen (secondary N) is 1. The minimum absolute atomic E-state index is 0.403. The van der Waals surface area contributed by atoms with Crippen LogP contribution in [0.15, 0.2) is 30.3 Å². The summed E-state index contributed by atoms with van der Waals surface area (Å²) in [6.07, 6.45) is 0. The first-order valence-corrected chi connectivity index (χ1v) is 6.84. The average molecular weight is 307 g/mol. The molecule has 0 aliphatic rings. The molecule has 0 spiro atoms. The van der Waals surface area contributed by atoms with E-state index in [9.17, 15) is 19.5 Å². The molecule has 0 heterocycles. The molecule has 7 heteroatoms. The van der Waals surface area contributed by atoms with Crippen molar-refractivity contribution in [2.24, 2.45) is 0 Å². The number of imide groups is 1. The molecule has 4 amide bonds. The zero-order chi connectivity index (χ0) is 16.9. The average Bonchev–Trinajstić information content (AvgIpc) is 2.44. The number of urea groups is 2. The molecular weight excluding hydrogens is 286 g/mol. The van der Waals surface area contributed by atoms with Crippen molar-refractivity contribution in [1.29, 1.82) is 0 Å². The lowest BCUT2D eigenvalue weighted by Crippen LogP contribution is -2.52. The molecule has 1 rings (SSSR count). The van der Waals surface area contributed by atoms with Crippen LogP contribution < -0.4 is 5.32 Å². The van der Waals surface area contributed by atoms with E-state index in [2.05, 4.69) is 5.32 Å². The zero-order valence-electron chi connectivity index (χ0n) is 13.1. The summed E-state index contributed by atoms with van der Waals surface area (Å²) in [7, 11) is 3.05. The second-order valence-electron chi connectivity index (χ2n) is 5.27. The number of aliphatic carboxylic acids is 1. The van der Waals surface area contributed by atoms with Crippen LogP contribution in [0.2, 0.25) is 0 Å². The van der Waals surface area contributed by atoms with Crippen LogP contribution in [0.3, 0.4) is 0 Å². The molecule has 0 aliphatic carbocycles. The quantitative estimate of drug-likeness (QED) is 0.889. The maximum atomic E-state index is 12.3. The number of carbonyl (C=O) groups is 3. The van der Waals surface area contributed by atoms with Gasteiger partial charge in [0.05, 0.1) is 0 Å². The third-order valence-electron chi connectivity index (χ3n) is 2.97. The topological polar surface area (TPSA) is 90.0 Å². The van der Waals surface area contributed by atoms with Crippen LogP contribution in [0.1, 0.15) is 25.5 Å². The Morgan fingerprint density at radius 2 is 1.64 bits per heavy atom. The van der Waals surface area contributed by atoms with Crippen molar-refractivity contribution in [1.82, 2.24) is 15.1 Å². The van der Waals surface area contributed by atoms with Gasteiger partial charge in [-0.05, 0) is 19.4 Å². The van der Waals surface area contributed by atoms with Gasteiger partial charge in [0.2, 0.25) is 0 Å². The van der Waals surface area contributed by atoms with Gasteiger partial charge in [0.15, 0.2) is 6.04 Å². The maximum Gasteiger partial charge on any atom is 0.330 e. The molecule has 0 saturated carbocycles. The number of rotatable bonds is 4. The lowest BCUT2D eigenvalue weighted by atomic mass is 10.1. The molecule has 0 aromatic heterocycles. The van der Waals surface area contributed by atoms with Gasteiger partial charge in [0.25, 0.3) is 0 Å². The maximum absolute atomic E-state index is 12.3. The van der Waals surface area contributed by atoms with Crippen LogP contribution >= 0.6 is 0 Å². The molecule has 1 aromatic rings.